The van der Waals surface area contributed by atoms with Crippen LogP contribution in [0.4, 0.5) is 5.82 Å². The lowest BCUT2D eigenvalue weighted by Crippen LogP contribution is -2.39. The molecule has 5 nitrogen and oxygen atoms in total. The number of benzene rings is 2. The van der Waals surface area contributed by atoms with Crippen molar-refractivity contribution in [2.75, 3.05) is 25.1 Å². The lowest BCUT2D eigenvalue weighted by molar-refractivity contribution is 0.354. The molecule has 2 atom stereocenters. The van der Waals surface area contributed by atoms with E-state index in [-0.39, 0.29) is 0 Å². The van der Waals surface area contributed by atoms with Crippen molar-refractivity contribution in [3.05, 3.63) is 66.7 Å². The number of rotatable bonds is 4. The molecule has 5 rings (SSSR count). The van der Waals surface area contributed by atoms with Crippen LogP contribution in [0.3, 0.4) is 0 Å². The highest BCUT2D eigenvalue weighted by Crippen LogP contribution is 2.32. The molecule has 2 aromatic heterocycles. The molecular weight excluding hydrogens is 384 g/mol. The van der Waals surface area contributed by atoms with Crippen molar-refractivity contribution in [3.8, 4) is 28.3 Å². The summed E-state index contributed by atoms with van der Waals surface area (Å²) in [5.41, 5.74) is 4.88. The van der Waals surface area contributed by atoms with Gasteiger partial charge in [0.2, 0.25) is 0 Å². The maximum atomic E-state index is 5.41. The summed E-state index contributed by atoms with van der Waals surface area (Å²) in [5.74, 6) is 3.24. The van der Waals surface area contributed by atoms with Gasteiger partial charge in [-0.3, -0.25) is 0 Å². The van der Waals surface area contributed by atoms with Crippen LogP contribution >= 0.6 is 0 Å². The molecular formula is C26H28N4O. The van der Waals surface area contributed by atoms with Gasteiger partial charge in [0.25, 0.3) is 0 Å². The van der Waals surface area contributed by atoms with E-state index in [2.05, 4.69) is 61.2 Å². The van der Waals surface area contributed by atoms with Gasteiger partial charge in [0.15, 0.2) is 5.65 Å². The van der Waals surface area contributed by atoms with E-state index >= 15 is 0 Å². The monoisotopic (exact) mass is 412 g/mol. The standard InChI is InChI=1S/C26H28N4O/c1-18-12-19(2)17-29(16-18)26-15-23(20-8-5-4-6-9-20)27-25-14-24(28-30(25)26)21-10-7-11-22(13-21)31-3/h4-11,13-15,18-19H,12,16-17H2,1-3H3/t18-,19-/m1/s1. The molecule has 31 heavy (non-hydrogen) atoms. The molecule has 0 N–H and O–H groups in total. The highest BCUT2D eigenvalue weighted by molar-refractivity contribution is 5.71. The summed E-state index contributed by atoms with van der Waals surface area (Å²) in [7, 11) is 1.69. The number of ether oxygens (including phenoxy) is 1. The molecule has 0 saturated carbocycles. The fourth-order valence-corrected chi connectivity index (χ4v) is 4.71. The first-order chi connectivity index (χ1) is 15.1. The largest absolute Gasteiger partial charge is 0.497 e. The third-order valence-corrected chi connectivity index (χ3v) is 6.04. The first-order valence-electron chi connectivity index (χ1n) is 11.0. The van der Waals surface area contributed by atoms with Crippen molar-refractivity contribution in [2.45, 2.75) is 20.3 Å². The topological polar surface area (TPSA) is 42.7 Å². The van der Waals surface area contributed by atoms with Crippen LogP contribution in [0.15, 0.2) is 66.7 Å². The second kappa shape index (κ2) is 8.06. The molecule has 0 bridgehead atoms. The van der Waals surface area contributed by atoms with Crippen LogP contribution in [0, 0.1) is 11.8 Å². The molecule has 1 fully saturated rings. The van der Waals surface area contributed by atoms with E-state index in [4.69, 9.17) is 14.8 Å². The van der Waals surface area contributed by atoms with Crippen LogP contribution < -0.4 is 9.64 Å². The Labute approximate surface area is 183 Å². The summed E-state index contributed by atoms with van der Waals surface area (Å²) in [4.78, 5) is 7.44. The van der Waals surface area contributed by atoms with Gasteiger partial charge in [0.05, 0.1) is 18.5 Å². The number of nitrogens with zero attached hydrogens (tertiary/aromatic N) is 4. The number of hydrogen-bond donors (Lipinski definition) is 0. The summed E-state index contributed by atoms with van der Waals surface area (Å²) >= 11 is 0. The maximum absolute atomic E-state index is 5.41. The van der Waals surface area contributed by atoms with Gasteiger partial charge in [-0.1, -0.05) is 56.3 Å². The predicted molar refractivity (Wildman–Crippen MR) is 126 cm³/mol. The summed E-state index contributed by atoms with van der Waals surface area (Å²) in [6.07, 6.45) is 1.27. The van der Waals surface area contributed by atoms with Crippen LogP contribution in [-0.2, 0) is 0 Å². The molecule has 0 amide bonds. The minimum Gasteiger partial charge on any atom is -0.497 e. The van der Waals surface area contributed by atoms with Crippen molar-refractivity contribution in [1.82, 2.24) is 14.6 Å². The van der Waals surface area contributed by atoms with Gasteiger partial charge < -0.3 is 9.64 Å². The minimum atomic E-state index is 0.653. The van der Waals surface area contributed by atoms with E-state index < -0.39 is 0 Å². The fraction of sp³-hybridized carbons (Fsp3) is 0.308. The lowest BCUT2D eigenvalue weighted by Gasteiger charge is -2.36. The molecule has 0 radical (unpaired) electrons. The Morgan fingerprint density at radius 3 is 2.32 bits per heavy atom. The van der Waals surface area contributed by atoms with Crippen molar-refractivity contribution < 1.29 is 4.74 Å². The van der Waals surface area contributed by atoms with Crippen LogP contribution in [0.5, 0.6) is 5.75 Å². The zero-order valence-corrected chi connectivity index (χ0v) is 18.3. The zero-order chi connectivity index (χ0) is 21.4. The Balaban J connectivity index is 1.67. The molecule has 0 spiro atoms. The van der Waals surface area contributed by atoms with Gasteiger partial charge in [-0.2, -0.15) is 9.61 Å². The summed E-state index contributed by atoms with van der Waals surface area (Å²) in [6, 6.07) is 22.7. The molecule has 1 aliphatic rings. The lowest BCUT2D eigenvalue weighted by atomic mass is 9.92. The molecule has 4 aromatic rings. The quantitative estimate of drug-likeness (QED) is 0.440. The van der Waals surface area contributed by atoms with E-state index in [9.17, 15) is 0 Å². The highest BCUT2D eigenvalue weighted by Gasteiger charge is 2.25. The minimum absolute atomic E-state index is 0.653. The third-order valence-electron chi connectivity index (χ3n) is 6.04. The van der Waals surface area contributed by atoms with Crippen LogP contribution in [-0.4, -0.2) is 34.8 Å². The summed E-state index contributed by atoms with van der Waals surface area (Å²) in [5, 5.41) is 4.98. The smallest absolute Gasteiger partial charge is 0.158 e. The van der Waals surface area contributed by atoms with Crippen molar-refractivity contribution in [1.29, 1.82) is 0 Å². The second-order valence-electron chi connectivity index (χ2n) is 8.75. The predicted octanol–water partition coefficient (Wildman–Crippen LogP) is 5.55. The zero-order valence-electron chi connectivity index (χ0n) is 18.3. The van der Waals surface area contributed by atoms with Crippen molar-refractivity contribution in [2.24, 2.45) is 11.8 Å². The number of methoxy groups -OCH3 is 1. The van der Waals surface area contributed by atoms with Crippen LogP contribution in [0.1, 0.15) is 20.3 Å². The SMILES string of the molecule is COc1cccc(-c2cc3nc(-c4ccccc4)cc(N4C[C@H](C)C[C@@H](C)C4)n3n2)c1. The molecule has 1 saturated heterocycles. The van der Waals surface area contributed by atoms with Gasteiger partial charge in [-0.25, -0.2) is 4.98 Å². The van der Waals surface area contributed by atoms with Crippen LogP contribution in [0.25, 0.3) is 28.2 Å². The fourth-order valence-electron chi connectivity index (χ4n) is 4.71. The van der Waals surface area contributed by atoms with E-state index in [0.29, 0.717) is 11.8 Å². The molecule has 1 aliphatic heterocycles. The van der Waals surface area contributed by atoms with Gasteiger partial charge >= 0.3 is 0 Å². The normalized spacial score (nSPS) is 19.0. The van der Waals surface area contributed by atoms with Crippen molar-refractivity contribution in [3.63, 3.8) is 0 Å². The van der Waals surface area contributed by atoms with Gasteiger partial charge in [0, 0.05) is 36.3 Å². The molecule has 5 heteroatoms. The number of hydrogen-bond acceptors (Lipinski definition) is 4. The number of aromatic nitrogens is 3. The second-order valence-corrected chi connectivity index (χ2v) is 8.75. The Bertz CT molecular complexity index is 1190. The number of fused-ring (bicyclic) bond motifs is 1. The Morgan fingerprint density at radius 2 is 1.58 bits per heavy atom. The van der Waals surface area contributed by atoms with Gasteiger partial charge in [-0.05, 0) is 30.4 Å². The van der Waals surface area contributed by atoms with E-state index in [1.165, 1.54) is 6.42 Å². The Hall–Kier alpha value is -3.34. The molecule has 158 valence electrons. The van der Waals surface area contributed by atoms with E-state index in [1.807, 2.05) is 28.8 Å². The highest BCUT2D eigenvalue weighted by atomic mass is 16.5. The first kappa shape index (κ1) is 19.6. The van der Waals surface area contributed by atoms with Gasteiger partial charge in [0.1, 0.15) is 11.6 Å². The Kier molecular flexibility index (Phi) is 5.10. The van der Waals surface area contributed by atoms with E-state index in [0.717, 1.165) is 52.8 Å². The molecule has 2 aromatic carbocycles. The summed E-state index contributed by atoms with van der Waals surface area (Å²) in [6.45, 7) is 6.74. The van der Waals surface area contributed by atoms with Crippen LogP contribution in [0.2, 0.25) is 0 Å². The average molecular weight is 413 g/mol. The average Bonchev–Trinajstić information content (AvgIpc) is 3.23. The number of anilines is 1. The van der Waals surface area contributed by atoms with E-state index in [1.54, 1.807) is 7.11 Å². The first-order valence-corrected chi connectivity index (χ1v) is 11.0. The van der Waals surface area contributed by atoms with Crippen molar-refractivity contribution >= 4 is 11.5 Å². The molecule has 3 heterocycles. The summed E-state index contributed by atoms with van der Waals surface area (Å²) < 4.78 is 7.42. The molecule has 0 unspecified atom stereocenters. The van der Waals surface area contributed by atoms with Gasteiger partial charge in [-0.15, -0.1) is 0 Å². The Morgan fingerprint density at radius 1 is 0.839 bits per heavy atom. The third kappa shape index (κ3) is 3.88. The molecule has 0 aliphatic carbocycles. The maximum Gasteiger partial charge on any atom is 0.158 e. The number of piperidine rings is 1.